The fourth-order valence-electron chi connectivity index (χ4n) is 8.86. The maximum absolute atomic E-state index is 13.8. The maximum atomic E-state index is 13.8. The van der Waals surface area contributed by atoms with Crippen LogP contribution in [0.1, 0.15) is 77.8 Å². The molecule has 0 radical (unpaired) electrons. The van der Waals surface area contributed by atoms with Crippen molar-refractivity contribution in [1.29, 1.82) is 0 Å². The summed E-state index contributed by atoms with van der Waals surface area (Å²) in [6.07, 6.45) is 3.96. The first-order chi connectivity index (χ1) is 31.2. The Balaban J connectivity index is 0.000000207. The van der Waals surface area contributed by atoms with Crippen molar-refractivity contribution in [1.82, 2.24) is 15.5 Å². The molecule has 8 rings (SSSR count). The molecule has 5 N–H and O–H groups in total. The number of piperidine rings is 2. The predicted octanol–water partition coefficient (Wildman–Crippen LogP) is 7.02. The van der Waals surface area contributed by atoms with E-state index in [-0.39, 0.29) is 73.5 Å². The lowest BCUT2D eigenvalue weighted by molar-refractivity contribution is 0.0887. The Morgan fingerprint density at radius 2 is 1.23 bits per heavy atom. The largest absolute Gasteiger partial charge is 0.488 e. The van der Waals surface area contributed by atoms with E-state index >= 15 is 0 Å². The van der Waals surface area contributed by atoms with Gasteiger partial charge in [0, 0.05) is 88.3 Å². The summed E-state index contributed by atoms with van der Waals surface area (Å²) in [6.45, 7) is 3.95. The van der Waals surface area contributed by atoms with E-state index in [2.05, 4.69) is 20.4 Å². The van der Waals surface area contributed by atoms with Crippen LogP contribution in [0.15, 0.2) is 72.8 Å². The lowest BCUT2D eigenvalue weighted by atomic mass is 9.77. The zero-order chi connectivity index (χ0) is 46.7. The first kappa shape index (κ1) is 51.2. The van der Waals surface area contributed by atoms with Crippen LogP contribution in [0.3, 0.4) is 0 Å². The number of carbonyl (C=O) groups excluding carboxylic acids is 3. The number of Topliss-reactive ketones (excluding diaryl/α,β-unsaturated/α-hetero) is 2. The number of hydrogen-bond donors (Lipinski definition) is 4. The van der Waals surface area contributed by atoms with E-state index in [1.54, 1.807) is 42.3 Å². The highest BCUT2D eigenvalue weighted by atomic mass is 19.1. The molecule has 0 aromatic heterocycles. The predicted molar refractivity (Wildman–Crippen MR) is 245 cm³/mol. The van der Waals surface area contributed by atoms with Gasteiger partial charge in [0.1, 0.15) is 24.8 Å². The van der Waals surface area contributed by atoms with E-state index < -0.39 is 17.2 Å². The van der Waals surface area contributed by atoms with Gasteiger partial charge in [0.2, 0.25) is 0 Å². The van der Waals surface area contributed by atoms with Gasteiger partial charge in [0.05, 0.1) is 18.8 Å². The zero-order valence-corrected chi connectivity index (χ0v) is 37.1. The Morgan fingerprint density at radius 1 is 0.727 bits per heavy atom. The number of hydrogen-bond acceptors (Lipinski definition) is 11. The highest BCUT2D eigenvalue weighted by Crippen LogP contribution is 2.43. The van der Waals surface area contributed by atoms with Crippen molar-refractivity contribution >= 4 is 29.0 Å². The lowest BCUT2D eigenvalue weighted by Crippen LogP contribution is -2.59. The monoisotopic (exact) mass is 922 g/mol. The Labute approximate surface area is 384 Å². The molecule has 2 saturated heterocycles. The molecular weight excluding hydrogens is 861 g/mol. The van der Waals surface area contributed by atoms with Crippen molar-refractivity contribution in [2.45, 2.75) is 70.1 Å². The molecule has 0 atom stereocenters. The van der Waals surface area contributed by atoms with Crippen LogP contribution in [-0.2, 0) is 17.8 Å². The molecule has 4 aliphatic heterocycles. The molecule has 2 fully saturated rings. The van der Waals surface area contributed by atoms with E-state index in [4.69, 9.17) is 25.1 Å². The molecule has 4 heterocycles. The fourth-order valence-corrected chi connectivity index (χ4v) is 8.86. The number of nitrogens with two attached hydrogens (primary N) is 1. The van der Waals surface area contributed by atoms with Gasteiger partial charge in [-0.15, -0.1) is 0 Å². The number of likely N-dealkylation sites (tertiary alicyclic amines) is 1. The van der Waals surface area contributed by atoms with Gasteiger partial charge in [0.25, 0.3) is 0 Å². The number of amides is 2. The Hall–Kier alpha value is -5.75. The number of benzene rings is 4. The Kier molecular flexibility index (Phi) is 17.9. The second-order valence-electron chi connectivity index (χ2n) is 16.6. The summed E-state index contributed by atoms with van der Waals surface area (Å²) in [7, 11) is 5.51. The van der Waals surface area contributed by atoms with Crippen molar-refractivity contribution in [3.63, 3.8) is 0 Å². The number of rotatable bonds is 10. The van der Waals surface area contributed by atoms with E-state index in [1.807, 2.05) is 14.1 Å². The summed E-state index contributed by atoms with van der Waals surface area (Å²) in [6, 6.07) is 17.5. The minimum absolute atomic E-state index is 0. The minimum Gasteiger partial charge on any atom is -0.488 e. The number of ether oxygens (including phenoxy) is 3. The van der Waals surface area contributed by atoms with Crippen LogP contribution in [0.5, 0.6) is 11.5 Å². The summed E-state index contributed by atoms with van der Waals surface area (Å²) >= 11 is 0. The molecule has 4 aromatic rings. The number of aliphatic hydroxyl groups is 1. The van der Waals surface area contributed by atoms with Gasteiger partial charge >= 0.3 is 6.03 Å². The lowest BCUT2D eigenvalue weighted by Gasteiger charge is -2.50. The molecule has 13 nitrogen and oxygen atoms in total. The fraction of sp³-hybridized carbons (Fsp3) is 0.449. The third-order valence-electron chi connectivity index (χ3n) is 12.7. The number of carbonyl (C=O) groups is 3. The third-order valence-corrected chi connectivity index (χ3v) is 12.7. The quantitative estimate of drug-likeness (QED) is 0.0958. The first-order valence-electron chi connectivity index (χ1n) is 21.7. The highest BCUT2D eigenvalue weighted by molar-refractivity contribution is 6.05. The number of anilines is 2. The summed E-state index contributed by atoms with van der Waals surface area (Å²) in [4.78, 5) is 43.6. The summed E-state index contributed by atoms with van der Waals surface area (Å²) in [5, 5.41) is 15.0. The van der Waals surface area contributed by atoms with Crippen LogP contribution < -0.4 is 35.6 Å². The Bertz CT molecular complexity index is 2300. The third kappa shape index (κ3) is 12.0. The summed E-state index contributed by atoms with van der Waals surface area (Å²) in [5.41, 5.74) is 9.00. The van der Waals surface area contributed by atoms with E-state index in [0.29, 0.717) is 75.2 Å². The van der Waals surface area contributed by atoms with Crippen molar-refractivity contribution in [2.24, 2.45) is 5.73 Å². The first-order valence-corrected chi connectivity index (χ1v) is 21.7. The van der Waals surface area contributed by atoms with Crippen molar-refractivity contribution < 1.29 is 51.3 Å². The van der Waals surface area contributed by atoms with Crippen molar-refractivity contribution in [3.8, 4) is 11.5 Å². The summed E-state index contributed by atoms with van der Waals surface area (Å²) < 4.78 is 68.9. The number of nitrogens with one attached hydrogen (secondary N) is 2. The number of nitrogens with zero attached hydrogens (tertiary/aromatic N) is 3. The number of methoxy groups -OCH3 is 1. The van der Waals surface area contributed by atoms with Gasteiger partial charge < -0.3 is 50.4 Å². The number of halogens is 4. The molecule has 358 valence electrons. The van der Waals surface area contributed by atoms with Gasteiger partial charge in [-0.2, -0.15) is 0 Å². The molecule has 66 heavy (non-hydrogen) atoms. The normalized spacial score (nSPS) is 16.8. The zero-order valence-electron chi connectivity index (χ0n) is 37.1. The van der Waals surface area contributed by atoms with Crippen LogP contribution in [0.4, 0.5) is 33.7 Å². The average molecular weight is 923 g/mol. The van der Waals surface area contributed by atoms with Gasteiger partial charge in [0.15, 0.2) is 34.7 Å². The molecular formula is C49H62F4N6O7. The van der Waals surface area contributed by atoms with Gasteiger partial charge in [-0.3, -0.25) is 9.59 Å². The van der Waals surface area contributed by atoms with Crippen LogP contribution in [-0.4, -0.2) is 112 Å². The highest BCUT2D eigenvalue weighted by Gasteiger charge is 2.46. The van der Waals surface area contributed by atoms with Crippen LogP contribution >= 0.6 is 0 Å². The summed E-state index contributed by atoms with van der Waals surface area (Å²) in [5.74, 6) is -1.41. The van der Waals surface area contributed by atoms with Gasteiger partial charge in [-0.1, -0.05) is 19.6 Å². The average Bonchev–Trinajstić information content (AvgIpc) is 3.31. The molecule has 2 spiro atoms. The molecule has 4 aliphatic rings. The number of fused-ring (bicyclic) bond motifs is 2. The molecule has 17 heteroatoms. The standard InChI is InChI=1S/C24H27F2N3O4.C14H17FN2O.C10H14FNO2.CH4/c1-28-20-5-3-17(25)13-18(20)21(31)14-24(28)6-8-29(9-7-24)23(32)27-15-16-2-4-19(26)22(12-16)33-11-10-30;1-17-12-3-2-10(15)8-11(12)13(18)9-14(17)4-6-16-7-5-14;1-13-4-5-14-10-6-8(7-12)2-3-9(10)11;/h2-5,12-13,30H,6-11,14-15H2,1H3,(H,27,32);2-3,8,16H,4-7,9H2,1H3;2-3,6H,4-5,7,12H2,1H3;1H4. The van der Waals surface area contributed by atoms with Crippen LogP contribution in [0, 0.1) is 23.3 Å². The van der Waals surface area contributed by atoms with E-state index in [1.165, 1.54) is 42.5 Å². The maximum Gasteiger partial charge on any atom is 0.317 e. The Morgan fingerprint density at radius 3 is 1.74 bits per heavy atom. The van der Waals surface area contributed by atoms with Gasteiger partial charge in [-0.25, -0.2) is 22.4 Å². The molecule has 2 amide bonds. The molecule has 0 saturated carbocycles. The van der Waals surface area contributed by atoms with Gasteiger partial charge in [-0.05, 0) is 111 Å². The number of ketones is 2. The minimum atomic E-state index is -0.532. The van der Waals surface area contributed by atoms with Crippen LogP contribution in [0.2, 0.25) is 0 Å². The molecule has 0 aliphatic carbocycles. The van der Waals surface area contributed by atoms with Crippen molar-refractivity contribution in [2.75, 3.05) is 83.6 Å². The van der Waals surface area contributed by atoms with E-state index in [0.717, 1.165) is 42.9 Å². The molecule has 0 bridgehead atoms. The topological polar surface area (TPSA) is 159 Å². The van der Waals surface area contributed by atoms with E-state index in [9.17, 15) is 31.9 Å². The SMILES string of the molecule is C.CN1c2ccc(F)cc2C(=O)CC12CCN(C(=O)NCc1ccc(F)c(OCCO)c1)CC2.CN1c2ccc(F)cc2C(=O)CC12CCNCC2.COCCOc1cc(CN)ccc1F. The smallest absolute Gasteiger partial charge is 0.317 e. The number of urea groups is 1. The van der Waals surface area contributed by atoms with Crippen molar-refractivity contribution in [3.05, 3.63) is 118 Å². The number of aliphatic hydroxyl groups excluding tert-OH is 1. The second-order valence-corrected chi connectivity index (χ2v) is 16.6. The van der Waals surface area contributed by atoms with Crippen LogP contribution in [0.25, 0.3) is 0 Å². The molecule has 0 unspecified atom stereocenters. The molecule has 4 aromatic carbocycles. The second kappa shape index (κ2) is 23.1.